The number of hydrogen-bond donors (Lipinski definition) is 1. The van der Waals surface area contributed by atoms with Crippen molar-refractivity contribution in [3.05, 3.63) is 0 Å². The van der Waals surface area contributed by atoms with Crippen molar-refractivity contribution < 1.29 is 9.47 Å². The summed E-state index contributed by atoms with van der Waals surface area (Å²) in [5.74, 6) is 0.652. The highest BCUT2D eigenvalue weighted by atomic mass is 16.5. The third-order valence-corrected chi connectivity index (χ3v) is 2.27. The first-order valence-electron chi connectivity index (χ1n) is 5.29. The van der Waals surface area contributed by atoms with Crippen LogP contribution in [-0.4, -0.2) is 39.5 Å². The molecule has 0 aromatic rings. The molecule has 0 bridgehead atoms. The molecule has 0 saturated carbocycles. The summed E-state index contributed by atoms with van der Waals surface area (Å²) in [5, 5.41) is 3.27. The fraction of sp³-hybridized carbons (Fsp3) is 1.00. The van der Waals surface area contributed by atoms with E-state index in [0.29, 0.717) is 5.92 Å². The maximum Gasteiger partial charge on any atom is 0.0517 e. The molecule has 1 aliphatic rings. The number of rotatable bonds is 7. The highest BCUT2D eigenvalue weighted by Crippen LogP contribution is 2.11. The van der Waals surface area contributed by atoms with Crippen LogP contribution in [0.5, 0.6) is 0 Å². The van der Waals surface area contributed by atoms with Crippen molar-refractivity contribution in [2.24, 2.45) is 5.92 Å². The fourth-order valence-corrected chi connectivity index (χ4v) is 1.44. The van der Waals surface area contributed by atoms with Crippen LogP contribution in [0, 0.1) is 5.92 Å². The molecule has 0 aromatic carbocycles. The molecule has 0 aromatic heterocycles. The summed E-state index contributed by atoms with van der Waals surface area (Å²) in [6.45, 7) is 7.82. The highest BCUT2D eigenvalue weighted by Gasteiger charge is 2.14. The van der Waals surface area contributed by atoms with E-state index in [0.717, 1.165) is 45.9 Å². The lowest BCUT2D eigenvalue weighted by Crippen LogP contribution is -2.17. The number of hydrogen-bond acceptors (Lipinski definition) is 3. The molecule has 1 N–H and O–H groups in total. The molecule has 0 amide bonds. The Bertz CT molecular complexity index is 113. The first-order valence-corrected chi connectivity index (χ1v) is 5.29. The Morgan fingerprint density at radius 3 is 3.15 bits per heavy atom. The van der Waals surface area contributed by atoms with Gasteiger partial charge >= 0.3 is 0 Å². The van der Waals surface area contributed by atoms with Gasteiger partial charge in [0.25, 0.3) is 0 Å². The molecular formula is C10H21NO2. The van der Waals surface area contributed by atoms with Gasteiger partial charge in [-0.3, -0.25) is 0 Å². The summed E-state index contributed by atoms with van der Waals surface area (Å²) < 4.78 is 10.8. The summed E-state index contributed by atoms with van der Waals surface area (Å²) in [4.78, 5) is 0. The van der Waals surface area contributed by atoms with Gasteiger partial charge in [0, 0.05) is 19.1 Å². The quantitative estimate of drug-likeness (QED) is 0.604. The van der Waals surface area contributed by atoms with E-state index in [1.54, 1.807) is 0 Å². The third kappa shape index (κ3) is 5.24. The molecule has 1 rings (SSSR count). The second-order valence-corrected chi connectivity index (χ2v) is 3.51. The standard InChI is InChI=1S/C10H21NO2/c1-2-11-5-3-6-12-8-10-4-7-13-9-10/h10-11H,2-9H2,1H3. The Balaban J connectivity index is 1.78. The Hall–Kier alpha value is -0.120. The molecule has 0 radical (unpaired) electrons. The molecule has 3 nitrogen and oxygen atoms in total. The maximum absolute atomic E-state index is 5.54. The lowest BCUT2D eigenvalue weighted by atomic mass is 10.1. The molecule has 1 unspecified atom stereocenters. The lowest BCUT2D eigenvalue weighted by molar-refractivity contribution is 0.0884. The first kappa shape index (κ1) is 11.0. The monoisotopic (exact) mass is 187 g/mol. The Kier molecular flexibility index (Phi) is 6.15. The van der Waals surface area contributed by atoms with Crippen LogP contribution >= 0.6 is 0 Å². The van der Waals surface area contributed by atoms with Crippen LogP contribution in [0.15, 0.2) is 0 Å². The van der Waals surface area contributed by atoms with E-state index < -0.39 is 0 Å². The second kappa shape index (κ2) is 7.30. The van der Waals surface area contributed by atoms with E-state index in [1.807, 2.05) is 0 Å². The van der Waals surface area contributed by atoms with Crippen LogP contribution in [0.25, 0.3) is 0 Å². The summed E-state index contributed by atoms with van der Waals surface area (Å²) >= 11 is 0. The number of ether oxygens (including phenoxy) is 2. The van der Waals surface area contributed by atoms with Gasteiger partial charge in [-0.2, -0.15) is 0 Å². The molecule has 1 saturated heterocycles. The zero-order valence-corrected chi connectivity index (χ0v) is 8.55. The van der Waals surface area contributed by atoms with Gasteiger partial charge in [0.1, 0.15) is 0 Å². The summed E-state index contributed by atoms with van der Waals surface area (Å²) in [6.07, 6.45) is 2.29. The van der Waals surface area contributed by atoms with E-state index >= 15 is 0 Å². The average Bonchev–Trinajstić information content (AvgIpc) is 2.63. The van der Waals surface area contributed by atoms with E-state index in [9.17, 15) is 0 Å². The molecule has 0 aliphatic carbocycles. The van der Waals surface area contributed by atoms with Crippen LogP contribution in [0.3, 0.4) is 0 Å². The van der Waals surface area contributed by atoms with Crippen LogP contribution < -0.4 is 5.32 Å². The normalized spacial score (nSPS) is 22.4. The van der Waals surface area contributed by atoms with Crippen LogP contribution in [0.2, 0.25) is 0 Å². The Morgan fingerprint density at radius 1 is 1.54 bits per heavy atom. The van der Waals surface area contributed by atoms with Crippen molar-refractivity contribution in [2.75, 3.05) is 39.5 Å². The highest BCUT2D eigenvalue weighted by molar-refractivity contribution is 4.62. The summed E-state index contributed by atoms with van der Waals surface area (Å²) in [6, 6.07) is 0. The van der Waals surface area contributed by atoms with E-state index in [-0.39, 0.29) is 0 Å². The predicted octanol–water partition coefficient (Wildman–Crippen LogP) is 1.04. The van der Waals surface area contributed by atoms with Crippen molar-refractivity contribution in [1.82, 2.24) is 5.32 Å². The van der Waals surface area contributed by atoms with Gasteiger partial charge in [0.05, 0.1) is 13.2 Å². The minimum atomic E-state index is 0.652. The first-order chi connectivity index (χ1) is 6.43. The topological polar surface area (TPSA) is 30.5 Å². The molecule has 1 aliphatic heterocycles. The lowest BCUT2D eigenvalue weighted by Gasteiger charge is -2.08. The van der Waals surface area contributed by atoms with E-state index in [4.69, 9.17) is 9.47 Å². The van der Waals surface area contributed by atoms with E-state index in [1.165, 1.54) is 6.42 Å². The zero-order valence-electron chi connectivity index (χ0n) is 8.55. The predicted molar refractivity (Wildman–Crippen MR) is 52.9 cm³/mol. The van der Waals surface area contributed by atoms with Gasteiger partial charge in [-0.1, -0.05) is 6.92 Å². The Labute approximate surface area is 80.8 Å². The van der Waals surface area contributed by atoms with Crippen LogP contribution in [0.1, 0.15) is 19.8 Å². The maximum atomic E-state index is 5.54. The molecule has 1 heterocycles. The van der Waals surface area contributed by atoms with Crippen molar-refractivity contribution in [2.45, 2.75) is 19.8 Å². The fourth-order valence-electron chi connectivity index (χ4n) is 1.44. The number of nitrogens with one attached hydrogen (secondary N) is 1. The Morgan fingerprint density at radius 2 is 2.46 bits per heavy atom. The summed E-state index contributed by atoms with van der Waals surface area (Å²) in [7, 11) is 0. The molecule has 78 valence electrons. The minimum absolute atomic E-state index is 0.652. The van der Waals surface area contributed by atoms with Gasteiger partial charge in [-0.05, 0) is 25.9 Å². The van der Waals surface area contributed by atoms with Crippen LogP contribution in [0.4, 0.5) is 0 Å². The SMILES string of the molecule is CCNCCCOCC1CCOC1. The van der Waals surface area contributed by atoms with Gasteiger partial charge < -0.3 is 14.8 Å². The largest absolute Gasteiger partial charge is 0.381 e. The molecule has 3 heteroatoms. The van der Waals surface area contributed by atoms with Crippen molar-refractivity contribution in [3.63, 3.8) is 0 Å². The van der Waals surface area contributed by atoms with Gasteiger partial charge in [0.15, 0.2) is 0 Å². The van der Waals surface area contributed by atoms with Crippen molar-refractivity contribution in [3.8, 4) is 0 Å². The van der Waals surface area contributed by atoms with E-state index in [2.05, 4.69) is 12.2 Å². The zero-order chi connectivity index (χ0) is 9.36. The molecular weight excluding hydrogens is 166 g/mol. The van der Waals surface area contributed by atoms with Gasteiger partial charge in [-0.15, -0.1) is 0 Å². The summed E-state index contributed by atoms with van der Waals surface area (Å²) in [5.41, 5.74) is 0. The molecule has 1 fully saturated rings. The van der Waals surface area contributed by atoms with Crippen LogP contribution in [-0.2, 0) is 9.47 Å². The second-order valence-electron chi connectivity index (χ2n) is 3.51. The smallest absolute Gasteiger partial charge is 0.0517 e. The van der Waals surface area contributed by atoms with Crippen molar-refractivity contribution in [1.29, 1.82) is 0 Å². The van der Waals surface area contributed by atoms with Gasteiger partial charge in [0.2, 0.25) is 0 Å². The molecule has 0 spiro atoms. The third-order valence-electron chi connectivity index (χ3n) is 2.27. The molecule has 13 heavy (non-hydrogen) atoms. The van der Waals surface area contributed by atoms with Gasteiger partial charge in [-0.25, -0.2) is 0 Å². The molecule has 1 atom stereocenters. The average molecular weight is 187 g/mol. The minimum Gasteiger partial charge on any atom is -0.381 e. The van der Waals surface area contributed by atoms with Crippen molar-refractivity contribution >= 4 is 0 Å².